The third-order valence-corrected chi connectivity index (χ3v) is 4.10. The number of thioether (sulfide) groups is 1. The van der Waals surface area contributed by atoms with E-state index in [9.17, 15) is 4.79 Å². The van der Waals surface area contributed by atoms with Gasteiger partial charge in [0.25, 0.3) is 0 Å². The summed E-state index contributed by atoms with van der Waals surface area (Å²) in [4.78, 5) is 14.5. The van der Waals surface area contributed by atoms with Gasteiger partial charge in [-0.1, -0.05) is 23.8 Å². The Labute approximate surface area is 107 Å². The molecule has 17 heavy (non-hydrogen) atoms. The van der Waals surface area contributed by atoms with Crippen molar-refractivity contribution in [1.29, 1.82) is 0 Å². The number of carbonyl (C=O) groups excluding carboxylic acids is 1. The van der Waals surface area contributed by atoms with Crippen molar-refractivity contribution in [2.75, 3.05) is 31.1 Å². The highest BCUT2D eigenvalue weighted by molar-refractivity contribution is 7.99. The second kappa shape index (κ2) is 5.69. The predicted octanol–water partition coefficient (Wildman–Crippen LogP) is 2.53. The van der Waals surface area contributed by atoms with Crippen molar-refractivity contribution >= 4 is 17.5 Å². The molecular weight excluding hydrogens is 230 g/mol. The normalized spacial score (nSPS) is 17.1. The lowest BCUT2D eigenvalue weighted by Gasteiger charge is -2.25. The van der Waals surface area contributed by atoms with Crippen molar-refractivity contribution in [2.45, 2.75) is 13.8 Å². The highest BCUT2D eigenvalue weighted by Crippen LogP contribution is 2.14. The highest BCUT2D eigenvalue weighted by atomic mass is 32.2. The minimum atomic E-state index is 0.259. The van der Waals surface area contributed by atoms with E-state index in [0.29, 0.717) is 6.54 Å². The van der Waals surface area contributed by atoms with Crippen LogP contribution in [-0.2, 0) is 0 Å². The Morgan fingerprint density at radius 1 is 1.29 bits per heavy atom. The molecule has 0 N–H and O–H groups in total. The molecule has 3 heteroatoms. The fraction of sp³-hybridized carbons (Fsp3) is 0.500. The number of hydrogen-bond donors (Lipinski definition) is 0. The van der Waals surface area contributed by atoms with Gasteiger partial charge in [0.05, 0.1) is 6.54 Å². The Hall–Kier alpha value is -0.800. The van der Waals surface area contributed by atoms with E-state index in [-0.39, 0.29) is 5.78 Å². The Morgan fingerprint density at radius 2 is 2.00 bits per heavy atom. The summed E-state index contributed by atoms with van der Waals surface area (Å²) in [5.41, 5.74) is 3.20. The molecule has 0 atom stereocenters. The molecule has 1 aromatic carbocycles. The highest BCUT2D eigenvalue weighted by Gasteiger charge is 2.16. The van der Waals surface area contributed by atoms with Gasteiger partial charge in [-0.25, -0.2) is 0 Å². The zero-order chi connectivity index (χ0) is 12.3. The lowest BCUT2D eigenvalue weighted by molar-refractivity contribution is 0.0936. The maximum absolute atomic E-state index is 12.2. The molecule has 0 unspecified atom stereocenters. The van der Waals surface area contributed by atoms with Crippen LogP contribution in [0.5, 0.6) is 0 Å². The van der Waals surface area contributed by atoms with Crippen LogP contribution in [0.4, 0.5) is 0 Å². The molecule has 2 nitrogen and oxygen atoms in total. The third kappa shape index (κ3) is 3.33. The summed E-state index contributed by atoms with van der Waals surface area (Å²) in [5, 5.41) is 0. The molecule has 0 spiro atoms. The van der Waals surface area contributed by atoms with Gasteiger partial charge in [0.2, 0.25) is 0 Å². The van der Waals surface area contributed by atoms with Gasteiger partial charge in [-0.05, 0) is 19.4 Å². The van der Waals surface area contributed by atoms with Crippen molar-refractivity contribution in [1.82, 2.24) is 4.90 Å². The number of aryl methyl sites for hydroxylation is 2. The third-order valence-electron chi connectivity index (χ3n) is 3.15. The van der Waals surface area contributed by atoms with E-state index in [1.165, 1.54) is 5.56 Å². The van der Waals surface area contributed by atoms with E-state index in [1.807, 2.05) is 30.8 Å². The van der Waals surface area contributed by atoms with Crippen molar-refractivity contribution in [3.05, 3.63) is 34.9 Å². The van der Waals surface area contributed by atoms with E-state index in [2.05, 4.69) is 17.9 Å². The molecule has 1 aromatic rings. The summed E-state index contributed by atoms with van der Waals surface area (Å²) in [7, 11) is 0. The molecule has 1 saturated heterocycles. The van der Waals surface area contributed by atoms with Crippen LogP contribution in [0.1, 0.15) is 21.5 Å². The second-order valence-electron chi connectivity index (χ2n) is 4.63. The van der Waals surface area contributed by atoms with Crippen molar-refractivity contribution in [2.24, 2.45) is 0 Å². The van der Waals surface area contributed by atoms with E-state index in [4.69, 9.17) is 0 Å². The minimum absolute atomic E-state index is 0.259. The van der Waals surface area contributed by atoms with Gasteiger partial charge in [-0.2, -0.15) is 11.8 Å². The zero-order valence-electron chi connectivity index (χ0n) is 10.5. The molecule has 1 aliphatic heterocycles. The number of hydrogen-bond acceptors (Lipinski definition) is 3. The van der Waals surface area contributed by atoms with E-state index in [1.54, 1.807) is 0 Å². The van der Waals surface area contributed by atoms with E-state index >= 15 is 0 Å². The lowest BCUT2D eigenvalue weighted by Crippen LogP contribution is -2.36. The molecule has 1 fully saturated rings. The zero-order valence-corrected chi connectivity index (χ0v) is 11.3. The van der Waals surface area contributed by atoms with Crippen LogP contribution in [0.2, 0.25) is 0 Å². The Balaban J connectivity index is 2.03. The topological polar surface area (TPSA) is 20.3 Å². The average Bonchev–Trinajstić information content (AvgIpc) is 2.30. The SMILES string of the molecule is Cc1ccc(C(=O)CN2CCSCC2)c(C)c1. The lowest BCUT2D eigenvalue weighted by atomic mass is 10.0. The largest absolute Gasteiger partial charge is 0.294 e. The first-order chi connectivity index (χ1) is 8.16. The number of nitrogens with zero attached hydrogens (tertiary/aromatic N) is 1. The minimum Gasteiger partial charge on any atom is -0.294 e. The predicted molar refractivity (Wildman–Crippen MR) is 74.0 cm³/mol. The molecule has 2 rings (SSSR count). The van der Waals surface area contributed by atoms with Gasteiger partial charge < -0.3 is 0 Å². The van der Waals surface area contributed by atoms with Crippen LogP contribution in [0.15, 0.2) is 18.2 Å². The number of carbonyl (C=O) groups is 1. The summed E-state index contributed by atoms with van der Waals surface area (Å²) < 4.78 is 0. The molecule has 0 aromatic heterocycles. The second-order valence-corrected chi connectivity index (χ2v) is 5.85. The van der Waals surface area contributed by atoms with Crippen molar-refractivity contribution in [3.8, 4) is 0 Å². The maximum atomic E-state index is 12.2. The van der Waals surface area contributed by atoms with E-state index in [0.717, 1.165) is 35.7 Å². The molecule has 0 saturated carbocycles. The van der Waals surface area contributed by atoms with Gasteiger partial charge in [0.15, 0.2) is 5.78 Å². The molecular formula is C14H19NOS. The van der Waals surface area contributed by atoms with Gasteiger partial charge in [0, 0.05) is 30.2 Å². The summed E-state index contributed by atoms with van der Waals surface area (Å²) in [6, 6.07) is 6.07. The van der Waals surface area contributed by atoms with Crippen LogP contribution >= 0.6 is 11.8 Å². The number of Topliss-reactive ketones (excluding diaryl/α,β-unsaturated/α-hetero) is 1. The first-order valence-corrected chi connectivity index (χ1v) is 7.23. The summed E-state index contributed by atoms with van der Waals surface area (Å²) in [6.45, 7) is 6.74. The summed E-state index contributed by atoms with van der Waals surface area (Å²) in [5.74, 6) is 2.56. The maximum Gasteiger partial charge on any atom is 0.177 e. The molecule has 0 bridgehead atoms. The standard InChI is InChI=1S/C14H19NOS/c1-11-3-4-13(12(2)9-11)14(16)10-15-5-7-17-8-6-15/h3-4,9H,5-8,10H2,1-2H3. The molecule has 1 aliphatic rings. The van der Waals surface area contributed by atoms with Gasteiger partial charge in [-0.15, -0.1) is 0 Å². The Bertz CT molecular complexity index is 411. The summed E-state index contributed by atoms with van der Waals surface area (Å²) in [6.07, 6.45) is 0. The first kappa shape index (κ1) is 12.7. The van der Waals surface area contributed by atoms with Crippen LogP contribution in [-0.4, -0.2) is 41.8 Å². The molecule has 0 aliphatic carbocycles. The van der Waals surface area contributed by atoms with Gasteiger partial charge in [-0.3, -0.25) is 9.69 Å². The Morgan fingerprint density at radius 3 is 2.65 bits per heavy atom. The monoisotopic (exact) mass is 249 g/mol. The summed E-state index contributed by atoms with van der Waals surface area (Å²) >= 11 is 1.97. The van der Waals surface area contributed by atoms with Crippen molar-refractivity contribution in [3.63, 3.8) is 0 Å². The molecule has 0 amide bonds. The van der Waals surface area contributed by atoms with Crippen LogP contribution < -0.4 is 0 Å². The van der Waals surface area contributed by atoms with Crippen molar-refractivity contribution < 1.29 is 4.79 Å². The fourth-order valence-corrected chi connectivity index (χ4v) is 3.15. The van der Waals surface area contributed by atoms with E-state index < -0.39 is 0 Å². The van der Waals surface area contributed by atoms with Crippen LogP contribution in [0.25, 0.3) is 0 Å². The molecule has 0 radical (unpaired) electrons. The van der Waals surface area contributed by atoms with Gasteiger partial charge >= 0.3 is 0 Å². The average molecular weight is 249 g/mol. The molecule has 92 valence electrons. The van der Waals surface area contributed by atoms with Crippen LogP contribution in [0, 0.1) is 13.8 Å². The number of ketones is 1. The first-order valence-electron chi connectivity index (χ1n) is 6.07. The smallest absolute Gasteiger partial charge is 0.177 e. The number of rotatable bonds is 3. The number of benzene rings is 1. The van der Waals surface area contributed by atoms with Gasteiger partial charge in [0.1, 0.15) is 0 Å². The molecule has 1 heterocycles. The fourth-order valence-electron chi connectivity index (χ4n) is 2.17. The quantitative estimate of drug-likeness (QED) is 0.768. The Kier molecular flexibility index (Phi) is 4.24. The van der Waals surface area contributed by atoms with Crippen LogP contribution in [0.3, 0.4) is 0 Å².